The molecule has 0 aliphatic carbocycles. The molecule has 0 aliphatic heterocycles. The first-order valence-corrected chi connectivity index (χ1v) is 7.15. The molecule has 0 radical (unpaired) electrons. The number of hydrogen-bond donors (Lipinski definition) is 1. The molecule has 0 fully saturated rings. The van der Waals surface area contributed by atoms with Crippen molar-refractivity contribution < 1.29 is 4.74 Å². The fourth-order valence-corrected chi connectivity index (χ4v) is 1.88. The van der Waals surface area contributed by atoms with Crippen molar-refractivity contribution in [2.24, 2.45) is 4.99 Å². The van der Waals surface area contributed by atoms with Crippen LogP contribution < -0.4 is 10.1 Å². The van der Waals surface area contributed by atoms with Gasteiger partial charge in [-0.25, -0.2) is 4.99 Å². The van der Waals surface area contributed by atoms with E-state index in [4.69, 9.17) is 10.00 Å². The van der Waals surface area contributed by atoms with E-state index in [0.29, 0.717) is 10.9 Å². The lowest BCUT2D eigenvalue weighted by Crippen LogP contribution is -2.12. The molecule has 0 saturated carbocycles. The predicted octanol–water partition coefficient (Wildman–Crippen LogP) is 3.90. The Balaban J connectivity index is 2.18. The van der Waals surface area contributed by atoms with Gasteiger partial charge in [0, 0.05) is 6.07 Å². The van der Waals surface area contributed by atoms with Crippen molar-refractivity contribution in [2.75, 3.05) is 6.26 Å². The minimum atomic E-state index is 0.546. The number of benzene rings is 2. The van der Waals surface area contributed by atoms with Crippen LogP contribution in [0, 0.1) is 11.5 Å². The van der Waals surface area contributed by atoms with Crippen LogP contribution in [0.4, 0.5) is 5.69 Å². The van der Waals surface area contributed by atoms with E-state index in [-0.39, 0.29) is 0 Å². The number of ether oxygens (including phenoxy) is 1. The van der Waals surface area contributed by atoms with Crippen LogP contribution in [0.1, 0.15) is 0 Å². The Kier molecular flexibility index (Phi) is 5.04. The van der Waals surface area contributed by atoms with Gasteiger partial charge in [0.1, 0.15) is 11.5 Å². The van der Waals surface area contributed by atoms with Crippen LogP contribution in [0.3, 0.4) is 0 Å². The summed E-state index contributed by atoms with van der Waals surface area (Å²) >= 11 is 1.37. The summed E-state index contributed by atoms with van der Waals surface area (Å²) in [5.41, 5.74) is 0.727. The Morgan fingerprint density at radius 3 is 2.60 bits per heavy atom. The first kappa shape index (κ1) is 14.0. The van der Waals surface area contributed by atoms with E-state index in [9.17, 15) is 0 Å². The number of aliphatic imine (C=N–C) groups is 1. The molecule has 0 unspecified atom stereocenters. The first-order chi connectivity index (χ1) is 9.81. The van der Waals surface area contributed by atoms with Gasteiger partial charge in [0.25, 0.3) is 0 Å². The van der Waals surface area contributed by atoms with Crippen molar-refractivity contribution >= 4 is 22.6 Å². The number of amidine groups is 1. The second-order valence-electron chi connectivity index (χ2n) is 3.77. The normalized spacial score (nSPS) is 10.7. The smallest absolute Gasteiger partial charge is 0.183 e. The summed E-state index contributed by atoms with van der Waals surface area (Å²) in [6.45, 7) is 0. The summed E-state index contributed by atoms with van der Waals surface area (Å²) in [6.07, 6.45) is 3.72. The van der Waals surface area contributed by atoms with Crippen LogP contribution in [0.15, 0.2) is 59.6 Å². The highest BCUT2D eigenvalue weighted by Gasteiger charge is 2.00. The molecule has 1 N–H and O–H groups in total. The Hall–Kier alpha value is -2.45. The predicted molar refractivity (Wildman–Crippen MR) is 82.3 cm³/mol. The fourth-order valence-electron chi connectivity index (χ4n) is 1.53. The largest absolute Gasteiger partial charge is 0.457 e. The fraction of sp³-hybridized carbons (Fsp3) is 0.0667. The van der Waals surface area contributed by atoms with Crippen LogP contribution in [-0.4, -0.2) is 11.4 Å². The van der Waals surface area contributed by atoms with Gasteiger partial charge in [-0.1, -0.05) is 36.0 Å². The van der Waals surface area contributed by atoms with Crippen molar-refractivity contribution in [3.05, 3.63) is 54.6 Å². The minimum absolute atomic E-state index is 0.546. The Morgan fingerprint density at radius 2 is 1.90 bits per heavy atom. The third-order valence-electron chi connectivity index (χ3n) is 2.38. The van der Waals surface area contributed by atoms with E-state index < -0.39 is 0 Å². The molecule has 100 valence electrons. The molecule has 0 amide bonds. The Labute approximate surface area is 122 Å². The SMILES string of the molecule is CSC(=Nc1cccc(Oc2ccccc2)c1)NC#N. The topological polar surface area (TPSA) is 57.4 Å². The number of nitriles is 1. The average Bonchev–Trinajstić information content (AvgIpc) is 2.48. The molecule has 0 spiro atoms. The van der Waals surface area contributed by atoms with E-state index in [2.05, 4.69) is 10.3 Å². The third-order valence-corrected chi connectivity index (χ3v) is 2.96. The third kappa shape index (κ3) is 4.04. The van der Waals surface area contributed by atoms with Crippen molar-refractivity contribution in [3.63, 3.8) is 0 Å². The molecule has 0 saturated heterocycles. The van der Waals surface area contributed by atoms with E-state index in [1.165, 1.54) is 11.8 Å². The lowest BCUT2D eigenvalue weighted by molar-refractivity contribution is 0.483. The van der Waals surface area contributed by atoms with Crippen molar-refractivity contribution in [1.29, 1.82) is 5.26 Å². The van der Waals surface area contributed by atoms with E-state index in [1.807, 2.05) is 67.0 Å². The average molecular weight is 283 g/mol. The molecule has 0 bridgehead atoms. The first-order valence-electron chi connectivity index (χ1n) is 5.92. The van der Waals surface area contributed by atoms with Crippen molar-refractivity contribution in [3.8, 4) is 17.7 Å². The Morgan fingerprint density at radius 1 is 1.15 bits per heavy atom. The lowest BCUT2D eigenvalue weighted by atomic mass is 10.3. The standard InChI is InChI=1S/C15H13N3OS/c1-20-15(17-11-16)18-12-6-5-9-14(10-12)19-13-7-3-2-4-8-13/h2-10H,1H3,(H,17,18). The van der Waals surface area contributed by atoms with Crippen LogP contribution in [0.2, 0.25) is 0 Å². The van der Waals surface area contributed by atoms with Gasteiger partial charge in [0.05, 0.1) is 5.69 Å². The van der Waals surface area contributed by atoms with Crippen LogP contribution in [0.25, 0.3) is 0 Å². The van der Waals surface area contributed by atoms with Crippen molar-refractivity contribution in [1.82, 2.24) is 5.32 Å². The number of nitrogens with one attached hydrogen (secondary N) is 1. The number of hydrogen-bond acceptors (Lipinski definition) is 4. The molecule has 2 aromatic carbocycles. The highest BCUT2D eigenvalue weighted by molar-refractivity contribution is 8.13. The summed E-state index contributed by atoms with van der Waals surface area (Å²) < 4.78 is 5.73. The molecular formula is C15H13N3OS. The van der Waals surface area contributed by atoms with Gasteiger partial charge in [0.15, 0.2) is 11.4 Å². The van der Waals surface area contributed by atoms with Gasteiger partial charge in [0.2, 0.25) is 0 Å². The number of rotatable bonds is 3. The molecule has 0 aromatic heterocycles. The molecule has 0 atom stereocenters. The molecule has 20 heavy (non-hydrogen) atoms. The number of para-hydroxylation sites is 1. The Bertz CT molecular complexity index is 635. The number of nitrogens with zero attached hydrogens (tertiary/aromatic N) is 2. The van der Waals surface area contributed by atoms with E-state index in [1.54, 1.807) is 0 Å². The molecule has 2 aromatic rings. The maximum Gasteiger partial charge on any atom is 0.183 e. The van der Waals surface area contributed by atoms with Gasteiger partial charge >= 0.3 is 0 Å². The lowest BCUT2D eigenvalue weighted by Gasteiger charge is -2.06. The minimum Gasteiger partial charge on any atom is -0.457 e. The van der Waals surface area contributed by atoms with Gasteiger partial charge in [-0.15, -0.1) is 0 Å². The second-order valence-corrected chi connectivity index (χ2v) is 4.57. The summed E-state index contributed by atoms with van der Waals surface area (Å²) in [5, 5.41) is 11.7. The molecule has 4 nitrogen and oxygen atoms in total. The summed E-state index contributed by atoms with van der Waals surface area (Å²) in [6, 6.07) is 17.0. The van der Waals surface area contributed by atoms with Crippen LogP contribution >= 0.6 is 11.8 Å². The van der Waals surface area contributed by atoms with Gasteiger partial charge in [-0.05, 0) is 30.5 Å². The number of thioether (sulfide) groups is 1. The summed E-state index contributed by atoms with van der Waals surface area (Å²) in [7, 11) is 0. The van der Waals surface area contributed by atoms with Crippen molar-refractivity contribution in [2.45, 2.75) is 0 Å². The second kappa shape index (κ2) is 7.22. The van der Waals surface area contributed by atoms with Crippen LogP contribution in [0.5, 0.6) is 11.5 Å². The zero-order valence-corrected chi connectivity index (χ0v) is 11.7. The molecular weight excluding hydrogens is 270 g/mol. The van der Waals surface area contributed by atoms with Crippen LogP contribution in [-0.2, 0) is 0 Å². The molecule has 0 heterocycles. The molecule has 0 aliphatic rings. The molecule has 2 rings (SSSR count). The zero-order valence-electron chi connectivity index (χ0n) is 10.9. The quantitative estimate of drug-likeness (QED) is 0.402. The van der Waals surface area contributed by atoms with Gasteiger partial charge in [-0.3, -0.25) is 5.32 Å². The highest BCUT2D eigenvalue weighted by atomic mass is 32.2. The summed E-state index contributed by atoms with van der Waals surface area (Å²) in [5.74, 6) is 1.48. The molecule has 5 heteroatoms. The maximum atomic E-state index is 8.62. The van der Waals surface area contributed by atoms with Gasteiger partial charge in [-0.2, -0.15) is 5.26 Å². The summed E-state index contributed by atoms with van der Waals surface area (Å²) in [4.78, 5) is 4.34. The van der Waals surface area contributed by atoms with E-state index >= 15 is 0 Å². The van der Waals surface area contributed by atoms with Gasteiger partial charge < -0.3 is 4.74 Å². The van der Waals surface area contributed by atoms with E-state index in [0.717, 1.165) is 11.4 Å². The zero-order chi connectivity index (χ0) is 14.2. The highest BCUT2D eigenvalue weighted by Crippen LogP contribution is 2.25. The maximum absolute atomic E-state index is 8.62. The monoisotopic (exact) mass is 283 g/mol.